The summed E-state index contributed by atoms with van der Waals surface area (Å²) >= 11 is 0. The van der Waals surface area contributed by atoms with Gasteiger partial charge in [-0.25, -0.2) is 4.39 Å². The molecule has 30 heavy (non-hydrogen) atoms. The monoisotopic (exact) mass is 408 g/mol. The smallest absolute Gasteiger partial charge is 0.277 e. The number of carbonyl (C=O) groups is 2. The summed E-state index contributed by atoms with van der Waals surface area (Å²) in [6.07, 6.45) is 1.64. The van der Waals surface area contributed by atoms with Crippen LogP contribution < -0.4 is 0 Å². The molecule has 0 aromatic heterocycles. The van der Waals surface area contributed by atoms with Crippen molar-refractivity contribution < 1.29 is 18.7 Å². The van der Waals surface area contributed by atoms with Crippen LogP contribution in [-0.4, -0.2) is 47.4 Å². The van der Waals surface area contributed by atoms with Gasteiger partial charge < -0.3 is 9.64 Å². The van der Waals surface area contributed by atoms with Gasteiger partial charge >= 0.3 is 0 Å². The Labute approximate surface area is 175 Å². The van der Waals surface area contributed by atoms with Gasteiger partial charge in [0.1, 0.15) is 11.5 Å². The molecular weight excluding hydrogens is 383 g/mol. The van der Waals surface area contributed by atoms with Gasteiger partial charge in [0.15, 0.2) is 0 Å². The number of carbonyl (C=O) groups excluding carboxylic acids is 2. The van der Waals surface area contributed by atoms with Crippen molar-refractivity contribution in [2.24, 2.45) is 0 Å². The van der Waals surface area contributed by atoms with E-state index in [9.17, 15) is 14.0 Å². The van der Waals surface area contributed by atoms with Gasteiger partial charge in [-0.1, -0.05) is 42.5 Å². The lowest BCUT2D eigenvalue weighted by Crippen LogP contribution is -2.39. The van der Waals surface area contributed by atoms with Gasteiger partial charge in [0.25, 0.3) is 11.8 Å². The predicted molar refractivity (Wildman–Crippen MR) is 112 cm³/mol. The van der Waals surface area contributed by atoms with Crippen LogP contribution in [0.25, 0.3) is 5.57 Å². The summed E-state index contributed by atoms with van der Waals surface area (Å²) < 4.78 is 19.2. The molecule has 2 aliphatic rings. The fraction of sp³-hybridized carbons (Fsp3) is 0.333. The van der Waals surface area contributed by atoms with E-state index in [0.29, 0.717) is 36.5 Å². The van der Waals surface area contributed by atoms with E-state index in [1.807, 2.05) is 42.2 Å². The molecule has 156 valence electrons. The van der Waals surface area contributed by atoms with E-state index in [1.165, 1.54) is 17.0 Å². The molecule has 0 spiro atoms. The summed E-state index contributed by atoms with van der Waals surface area (Å²) in [7, 11) is 0. The van der Waals surface area contributed by atoms with Crippen LogP contribution >= 0.6 is 0 Å². The van der Waals surface area contributed by atoms with E-state index < -0.39 is 0 Å². The minimum atomic E-state index is -0.384. The van der Waals surface area contributed by atoms with Crippen LogP contribution in [0.5, 0.6) is 0 Å². The van der Waals surface area contributed by atoms with Crippen molar-refractivity contribution in [3.05, 3.63) is 77.2 Å². The molecule has 1 fully saturated rings. The summed E-state index contributed by atoms with van der Waals surface area (Å²) in [5.74, 6) is -1.04. The van der Waals surface area contributed by atoms with E-state index in [1.54, 1.807) is 12.1 Å². The quantitative estimate of drug-likeness (QED) is 0.657. The van der Waals surface area contributed by atoms with Crippen LogP contribution in [0.1, 0.15) is 30.9 Å². The minimum Gasteiger partial charge on any atom is -0.376 e. The summed E-state index contributed by atoms with van der Waals surface area (Å²) in [6.45, 7) is 3.92. The highest BCUT2D eigenvalue weighted by Gasteiger charge is 2.42. The standard InChI is InChI=1S/C24H25FN2O3/c1-2-26(15-17-7-4-3-5-8-17)22-21(18-10-12-19(25)13-11-18)23(28)27(24(22)29)16-20-9-6-14-30-20/h3-5,7-8,10-13,20H,2,6,9,14-16H2,1H3. The van der Waals surface area contributed by atoms with Crippen molar-refractivity contribution in [1.29, 1.82) is 0 Å². The maximum Gasteiger partial charge on any atom is 0.277 e. The van der Waals surface area contributed by atoms with E-state index >= 15 is 0 Å². The first-order chi connectivity index (χ1) is 14.6. The lowest BCUT2D eigenvalue weighted by atomic mass is 10.0. The molecule has 6 heteroatoms. The number of halogens is 1. The third kappa shape index (κ3) is 4.00. The summed E-state index contributed by atoms with van der Waals surface area (Å²) in [4.78, 5) is 30.0. The normalized spacial score (nSPS) is 19.1. The molecule has 0 aliphatic carbocycles. The first-order valence-corrected chi connectivity index (χ1v) is 10.4. The fourth-order valence-electron chi connectivity index (χ4n) is 4.04. The van der Waals surface area contributed by atoms with Crippen molar-refractivity contribution in [2.75, 3.05) is 19.7 Å². The Morgan fingerprint density at radius 3 is 2.43 bits per heavy atom. The SMILES string of the molecule is CCN(Cc1ccccc1)C1=C(c2ccc(F)cc2)C(=O)N(CC2CCCO2)C1=O. The van der Waals surface area contributed by atoms with Crippen molar-refractivity contribution in [1.82, 2.24) is 9.80 Å². The molecule has 0 N–H and O–H groups in total. The number of imide groups is 1. The summed E-state index contributed by atoms with van der Waals surface area (Å²) in [5, 5.41) is 0. The zero-order valence-electron chi connectivity index (χ0n) is 17.0. The lowest BCUT2D eigenvalue weighted by Gasteiger charge is -2.25. The Morgan fingerprint density at radius 1 is 1.07 bits per heavy atom. The van der Waals surface area contributed by atoms with Crippen LogP contribution in [0.15, 0.2) is 60.3 Å². The number of hydrogen-bond donors (Lipinski definition) is 0. The Balaban J connectivity index is 1.72. The number of ether oxygens (including phenoxy) is 1. The largest absolute Gasteiger partial charge is 0.376 e. The summed E-state index contributed by atoms with van der Waals surface area (Å²) in [6, 6.07) is 15.6. The van der Waals surface area contributed by atoms with E-state index in [4.69, 9.17) is 4.74 Å². The Bertz CT molecular complexity index is 950. The molecule has 1 atom stereocenters. The highest BCUT2D eigenvalue weighted by Crippen LogP contribution is 2.33. The third-order valence-electron chi connectivity index (χ3n) is 5.60. The van der Waals surface area contributed by atoms with Gasteiger partial charge in [0, 0.05) is 19.7 Å². The molecule has 1 unspecified atom stereocenters. The zero-order chi connectivity index (χ0) is 21.1. The second kappa shape index (κ2) is 8.79. The summed E-state index contributed by atoms with van der Waals surface area (Å²) in [5.41, 5.74) is 2.29. The highest BCUT2D eigenvalue weighted by atomic mass is 19.1. The molecule has 5 nitrogen and oxygen atoms in total. The second-order valence-electron chi connectivity index (χ2n) is 7.59. The molecule has 2 amide bonds. The molecule has 1 saturated heterocycles. The average Bonchev–Trinajstić information content (AvgIpc) is 3.36. The molecule has 2 heterocycles. The first kappa shape index (κ1) is 20.3. The van der Waals surface area contributed by atoms with Crippen LogP contribution in [0.3, 0.4) is 0 Å². The maximum absolute atomic E-state index is 13.5. The van der Waals surface area contributed by atoms with Gasteiger partial charge in [-0.2, -0.15) is 0 Å². The number of rotatable bonds is 7. The molecule has 0 radical (unpaired) electrons. The number of benzene rings is 2. The van der Waals surface area contributed by atoms with Crippen LogP contribution in [-0.2, 0) is 20.9 Å². The number of likely N-dealkylation sites (N-methyl/N-ethyl adjacent to an activating group) is 1. The van der Waals surface area contributed by atoms with Crippen molar-refractivity contribution in [3.63, 3.8) is 0 Å². The molecule has 4 rings (SSSR count). The van der Waals surface area contributed by atoms with Gasteiger partial charge in [-0.3, -0.25) is 14.5 Å². The van der Waals surface area contributed by atoms with Crippen LogP contribution in [0.4, 0.5) is 4.39 Å². The van der Waals surface area contributed by atoms with Crippen LogP contribution in [0.2, 0.25) is 0 Å². The average molecular weight is 408 g/mol. The highest BCUT2D eigenvalue weighted by molar-refractivity contribution is 6.35. The second-order valence-corrected chi connectivity index (χ2v) is 7.59. The molecule has 0 saturated carbocycles. The fourth-order valence-corrected chi connectivity index (χ4v) is 4.04. The lowest BCUT2D eigenvalue weighted by molar-refractivity contribution is -0.139. The molecule has 2 aliphatic heterocycles. The van der Waals surface area contributed by atoms with Crippen molar-refractivity contribution in [2.45, 2.75) is 32.4 Å². The van der Waals surface area contributed by atoms with Gasteiger partial charge in [-0.05, 0) is 43.0 Å². The van der Waals surface area contributed by atoms with Crippen molar-refractivity contribution >= 4 is 17.4 Å². The number of amides is 2. The van der Waals surface area contributed by atoms with Crippen molar-refractivity contribution in [3.8, 4) is 0 Å². The third-order valence-corrected chi connectivity index (χ3v) is 5.60. The zero-order valence-corrected chi connectivity index (χ0v) is 17.0. The predicted octanol–water partition coefficient (Wildman–Crippen LogP) is 3.61. The molecule has 0 bridgehead atoms. The van der Waals surface area contributed by atoms with E-state index in [-0.39, 0.29) is 30.3 Å². The van der Waals surface area contributed by atoms with Crippen LogP contribution in [0, 0.1) is 5.82 Å². The molecule has 2 aromatic carbocycles. The maximum atomic E-state index is 13.5. The van der Waals surface area contributed by atoms with Gasteiger partial charge in [0.05, 0.1) is 18.2 Å². The topological polar surface area (TPSA) is 49.9 Å². The first-order valence-electron chi connectivity index (χ1n) is 10.4. The minimum absolute atomic E-state index is 0.129. The number of nitrogens with zero attached hydrogens (tertiary/aromatic N) is 2. The molecular formula is C24H25FN2O3. The van der Waals surface area contributed by atoms with Gasteiger partial charge in [-0.15, -0.1) is 0 Å². The Hall–Kier alpha value is -2.99. The molecule has 2 aromatic rings. The Morgan fingerprint density at radius 2 is 1.80 bits per heavy atom. The number of hydrogen-bond acceptors (Lipinski definition) is 4. The van der Waals surface area contributed by atoms with Gasteiger partial charge in [0.2, 0.25) is 0 Å². The van der Waals surface area contributed by atoms with E-state index in [2.05, 4.69) is 0 Å². The van der Waals surface area contributed by atoms with E-state index in [0.717, 1.165) is 18.4 Å². The Kier molecular flexibility index (Phi) is 5.95.